The first-order valence-corrected chi connectivity index (χ1v) is 9.80. The van der Waals surface area contributed by atoms with Crippen LogP contribution in [0, 0.1) is 5.92 Å². The summed E-state index contributed by atoms with van der Waals surface area (Å²) in [6.45, 7) is 3.62. The minimum absolute atomic E-state index is 0.000859. The van der Waals surface area contributed by atoms with Crippen LogP contribution in [-0.4, -0.2) is 54.6 Å². The van der Waals surface area contributed by atoms with E-state index >= 15 is 0 Å². The van der Waals surface area contributed by atoms with E-state index < -0.39 is 6.10 Å². The molecule has 1 aromatic carbocycles. The molecule has 0 radical (unpaired) electrons. The van der Waals surface area contributed by atoms with E-state index in [1.807, 2.05) is 24.3 Å². The number of nitrogens with zero attached hydrogens (tertiary/aromatic N) is 5. The lowest BCUT2D eigenvalue weighted by atomic mass is 10.0. The van der Waals surface area contributed by atoms with E-state index in [0.29, 0.717) is 32.5 Å². The molecule has 0 unspecified atom stereocenters. The number of aliphatic hydroxyl groups is 1. The van der Waals surface area contributed by atoms with Gasteiger partial charge < -0.3 is 14.6 Å². The van der Waals surface area contributed by atoms with Crippen LogP contribution in [0.25, 0.3) is 11.0 Å². The van der Waals surface area contributed by atoms with Crippen LogP contribution >= 0.6 is 0 Å². The van der Waals surface area contributed by atoms with E-state index in [1.165, 1.54) is 0 Å². The zero-order valence-corrected chi connectivity index (χ0v) is 16.0. The molecule has 4 rings (SSSR count). The maximum absolute atomic E-state index is 12.8. The van der Waals surface area contributed by atoms with Gasteiger partial charge in [-0.3, -0.25) is 14.8 Å². The van der Waals surface area contributed by atoms with Gasteiger partial charge in [-0.1, -0.05) is 19.1 Å². The molecule has 7 heteroatoms. The van der Waals surface area contributed by atoms with Crippen LogP contribution in [0.4, 0.5) is 0 Å². The van der Waals surface area contributed by atoms with Crippen molar-refractivity contribution < 1.29 is 9.90 Å². The Balaban J connectivity index is 1.40. The predicted molar refractivity (Wildman–Crippen MR) is 106 cm³/mol. The van der Waals surface area contributed by atoms with Crippen molar-refractivity contribution in [2.24, 2.45) is 5.92 Å². The van der Waals surface area contributed by atoms with Gasteiger partial charge in [0.1, 0.15) is 5.82 Å². The van der Waals surface area contributed by atoms with Crippen molar-refractivity contribution in [1.82, 2.24) is 24.4 Å². The average Bonchev–Trinajstić information content (AvgIpc) is 3.27. The molecule has 146 valence electrons. The summed E-state index contributed by atoms with van der Waals surface area (Å²) in [6.07, 6.45) is 6.34. The Morgan fingerprint density at radius 3 is 2.89 bits per heavy atom. The summed E-state index contributed by atoms with van der Waals surface area (Å²) in [4.78, 5) is 27.6. The van der Waals surface area contributed by atoms with E-state index in [4.69, 9.17) is 0 Å². The number of aryl methyl sites for hydroxylation is 2. The SMILES string of the molecule is CCc1nc2ccccc2n1CCC(=O)N1C[C@@H](Cc2cnccn2)[C@H](O)C1. The van der Waals surface area contributed by atoms with Gasteiger partial charge in [0.15, 0.2) is 0 Å². The van der Waals surface area contributed by atoms with Crippen molar-refractivity contribution in [2.45, 2.75) is 38.8 Å². The van der Waals surface area contributed by atoms with E-state index in [9.17, 15) is 9.90 Å². The van der Waals surface area contributed by atoms with Gasteiger partial charge in [-0.15, -0.1) is 0 Å². The van der Waals surface area contributed by atoms with Gasteiger partial charge in [0, 0.05) is 57.0 Å². The fraction of sp³-hybridized carbons (Fsp3) is 0.429. The van der Waals surface area contributed by atoms with E-state index in [0.717, 1.165) is 29.0 Å². The highest BCUT2D eigenvalue weighted by atomic mass is 16.3. The topological polar surface area (TPSA) is 84.1 Å². The number of imidazole rings is 1. The summed E-state index contributed by atoms with van der Waals surface area (Å²) < 4.78 is 2.14. The van der Waals surface area contributed by atoms with Crippen LogP contribution in [0.15, 0.2) is 42.9 Å². The van der Waals surface area contributed by atoms with E-state index in [-0.39, 0.29) is 11.8 Å². The number of amides is 1. The fourth-order valence-corrected chi connectivity index (χ4v) is 3.97. The van der Waals surface area contributed by atoms with Crippen molar-refractivity contribution >= 4 is 16.9 Å². The van der Waals surface area contributed by atoms with Crippen molar-refractivity contribution in [3.05, 3.63) is 54.4 Å². The molecule has 0 bridgehead atoms. The highest BCUT2D eigenvalue weighted by Crippen LogP contribution is 2.22. The van der Waals surface area contributed by atoms with Gasteiger partial charge >= 0.3 is 0 Å². The maximum Gasteiger partial charge on any atom is 0.224 e. The normalized spacial score (nSPS) is 19.4. The van der Waals surface area contributed by atoms with Gasteiger partial charge in [0.05, 0.1) is 22.8 Å². The number of para-hydroxylation sites is 2. The number of rotatable bonds is 6. The number of benzene rings is 1. The predicted octanol–water partition coefficient (Wildman–Crippen LogP) is 1.84. The zero-order chi connectivity index (χ0) is 19.5. The van der Waals surface area contributed by atoms with Crippen LogP contribution in [0.3, 0.4) is 0 Å². The summed E-state index contributed by atoms with van der Waals surface area (Å²) in [7, 11) is 0. The quantitative estimate of drug-likeness (QED) is 0.706. The van der Waals surface area contributed by atoms with Crippen LogP contribution in [0.1, 0.15) is 24.9 Å². The van der Waals surface area contributed by atoms with Gasteiger partial charge in [-0.05, 0) is 18.6 Å². The van der Waals surface area contributed by atoms with Crippen molar-refractivity contribution in [1.29, 1.82) is 0 Å². The molecule has 3 heterocycles. The number of β-amino-alcohol motifs (C(OH)–C–C–N with tert-alkyl or cyclic N) is 1. The molecule has 2 aromatic heterocycles. The first-order chi connectivity index (χ1) is 13.7. The molecular formula is C21H25N5O2. The van der Waals surface area contributed by atoms with Crippen molar-refractivity contribution in [3.63, 3.8) is 0 Å². The number of aromatic nitrogens is 4. The summed E-state index contributed by atoms with van der Waals surface area (Å²) in [5, 5.41) is 10.4. The highest BCUT2D eigenvalue weighted by Gasteiger charge is 2.34. The second kappa shape index (κ2) is 8.06. The van der Waals surface area contributed by atoms with Gasteiger partial charge in [-0.25, -0.2) is 4.98 Å². The number of carbonyl (C=O) groups is 1. The zero-order valence-electron chi connectivity index (χ0n) is 16.0. The molecule has 3 aromatic rings. The second-order valence-corrected chi connectivity index (χ2v) is 7.30. The summed E-state index contributed by atoms with van der Waals surface area (Å²) in [5.74, 6) is 1.07. The smallest absolute Gasteiger partial charge is 0.224 e. The van der Waals surface area contributed by atoms with Gasteiger partial charge in [0.2, 0.25) is 5.91 Å². The Bertz CT molecular complexity index is 956. The molecule has 0 spiro atoms. The summed E-state index contributed by atoms with van der Waals surface area (Å²) in [5.41, 5.74) is 2.87. The minimum Gasteiger partial charge on any atom is -0.391 e. The first kappa shape index (κ1) is 18.6. The average molecular weight is 379 g/mol. The Morgan fingerprint density at radius 2 is 2.11 bits per heavy atom. The Morgan fingerprint density at radius 1 is 1.25 bits per heavy atom. The maximum atomic E-state index is 12.8. The Hall–Kier alpha value is -2.80. The number of hydrogen-bond donors (Lipinski definition) is 1. The number of aliphatic hydroxyl groups excluding tert-OH is 1. The Kier molecular flexibility index (Phi) is 5.34. The summed E-state index contributed by atoms with van der Waals surface area (Å²) >= 11 is 0. The van der Waals surface area contributed by atoms with Gasteiger partial charge in [0.25, 0.3) is 0 Å². The molecule has 2 atom stereocenters. The highest BCUT2D eigenvalue weighted by molar-refractivity contribution is 5.78. The van der Waals surface area contributed by atoms with E-state index in [1.54, 1.807) is 23.5 Å². The fourth-order valence-electron chi connectivity index (χ4n) is 3.97. The lowest BCUT2D eigenvalue weighted by Gasteiger charge is -2.17. The van der Waals surface area contributed by atoms with Crippen molar-refractivity contribution in [2.75, 3.05) is 13.1 Å². The summed E-state index contributed by atoms with van der Waals surface area (Å²) in [6, 6.07) is 8.02. The number of fused-ring (bicyclic) bond motifs is 1. The lowest BCUT2D eigenvalue weighted by Crippen LogP contribution is -2.30. The molecule has 1 aliphatic heterocycles. The molecule has 1 saturated heterocycles. The lowest BCUT2D eigenvalue weighted by molar-refractivity contribution is -0.130. The molecule has 7 nitrogen and oxygen atoms in total. The molecular weight excluding hydrogens is 354 g/mol. The number of likely N-dealkylation sites (tertiary alicyclic amines) is 1. The standard InChI is InChI=1S/C21H25N5O2/c1-2-20-24-17-5-3-4-6-18(17)26(20)10-7-21(28)25-13-15(19(27)14-25)11-16-12-22-8-9-23-16/h3-6,8-9,12,15,19,27H,2,7,10-11,13-14H2,1H3/t15-,19-/m1/s1. The molecule has 1 aliphatic rings. The van der Waals surface area contributed by atoms with Gasteiger partial charge in [-0.2, -0.15) is 0 Å². The Labute approximate surface area is 164 Å². The third-order valence-electron chi connectivity index (χ3n) is 5.45. The molecule has 28 heavy (non-hydrogen) atoms. The minimum atomic E-state index is -0.522. The third-order valence-corrected chi connectivity index (χ3v) is 5.45. The third kappa shape index (κ3) is 3.75. The largest absolute Gasteiger partial charge is 0.391 e. The molecule has 0 aliphatic carbocycles. The number of carbonyl (C=O) groups excluding carboxylic acids is 1. The first-order valence-electron chi connectivity index (χ1n) is 9.80. The van der Waals surface area contributed by atoms with Crippen LogP contribution in [-0.2, 0) is 24.2 Å². The van der Waals surface area contributed by atoms with Crippen LogP contribution < -0.4 is 0 Å². The van der Waals surface area contributed by atoms with Crippen LogP contribution in [0.5, 0.6) is 0 Å². The molecule has 1 fully saturated rings. The van der Waals surface area contributed by atoms with Crippen LogP contribution in [0.2, 0.25) is 0 Å². The molecule has 1 N–H and O–H groups in total. The monoisotopic (exact) mass is 379 g/mol. The molecule has 1 amide bonds. The van der Waals surface area contributed by atoms with E-state index in [2.05, 4.69) is 26.4 Å². The molecule has 0 saturated carbocycles. The second-order valence-electron chi connectivity index (χ2n) is 7.30. The number of hydrogen-bond acceptors (Lipinski definition) is 5. The van der Waals surface area contributed by atoms with Crippen molar-refractivity contribution in [3.8, 4) is 0 Å².